The van der Waals surface area contributed by atoms with Gasteiger partial charge in [0.15, 0.2) is 0 Å². The quantitative estimate of drug-likeness (QED) is 0.485. The second-order valence-corrected chi connectivity index (χ2v) is 6.67. The standard InChI is InChI=1S/C15H27O4P/c1-6-15(5,19-20(16,17)18)12-8-11-14(4)10-7-9-13(2)3/h6,9,11H,1,7-8,10,12H2,2-5H3,(H2,16,17,18)/b14-11-. The first-order chi connectivity index (χ1) is 9.08. The third-order valence-electron chi connectivity index (χ3n) is 2.98. The Kier molecular flexibility index (Phi) is 8.29. The fourth-order valence-electron chi connectivity index (χ4n) is 1.75. The van der Waals surface area contributed by atoms with Gasteiger partial charge in [-0.3, -0.25) is 4.52 Å². The molecular formula is C15H27O4P. The van der Waals surface area contributed by atoms with E-state index in [0.29, 0.717) is 12.8 Å². The lowest BCUT2D eigenvalue weighted by Crippen LogP contribution is -2.24. The number of hydrogen-bond acceptors (Lipinski definition) is 2. The zero-order valence-electron chi connectivity index (χ0n) is 12.9. The summed E-state index contributed by atoms with van der Waals surface area (Å²) in [5.74, 6) is 0. The first kappa shape index (κ1) is 19.3. The molecule has 0 heterocycles. The van der Waals surface area contributed by atoms with Crippen LogP contribution in [0.4, 0.5) is 0 Å². The van der Waals surface area contributed by atoms with E-state index in [1.165, 1.54) is 17.2 Å². The molecule has 0 aromatic heterocycles. The number of phosphoric acid groups is 1. The van der Waals surface area contributed by atoms with Gasteiger partial charge in [0, 0.05) is 0 Å². The molecule has 4 nitrogen and oxygen atoms in total. The molecule has 116 valence electrons. The Bertz CT molecular complexity index is 416. The summed E-state index contributed by atoms with van der Waals surface area (Å²) in [5, 5.41) is 0. The second kappa shape index (κ2) is 8.58. The molecule has 0 aliphatic rings. The number of allylic oxidation sites excluding steroid dienone is 4. The van der Waals surface area contributed by atoms with Crippen molar-refractivity contribution in [2.45, 2.75) is 59.0 Å². The molecule has 0 rings (SSSR count). The predicted octanol–water partition coefficient (Wildman–Crippen LogP) is 4.51. The van der Waals surface area contributed by atoms with E-state index < -0.39 is 13.4 Å². The number of hydrogen-bond donors (Lipinski definition) is 2. The lowest BCUT2D eigenvalue weighted by atomic mass is 9.99. The van der Waals surface area contributed by atoms with Gasteiger partial charge < -0.3 is 9.79 Å². The van der Waals surface area contributed by atoms with Crippen LogP contribution >= 0.6 is 7.82 Å². The molecule has 0 saturated heterocycles. The molecule has 0 saturated carbocycles. The molecule has 5 heteroatoms. The summed E-state index contributed by atoms with van der Waals surface area (Å²) in [4.78, 5) is 17.8. The Balaban J connectivity index is 4.34. The maximum atomic E-state index is 10.9. The Hall–Kier alpha value is -0.670. The molecule has 0 aliphatic heterocycles. The summed E-state index contributed by atoms with van der Waals surface area (Å²) in [7, 11) is -4.50. The SMILES string of the molecule is C=CC(C)(CC/C=C(/C)CCC=C(C)C)OP(=O)(O)O. The van der Waals surface area contributed by atoms with Crippen LogP contribution in [0, 0.1) is 0 Å². The molecule has 0 spiro atoms. The lowest BCUT2D eigenvalue weighted by molar-refractivity contribution is 0.0826. The van der Waals surface area contributed by atoms with Crippen molar-refractivity contribution < 1.29 is 18.9 Å². The summed E-state index contributed by atoms with van der Waals surface area (Å²) in [6.45, 7) is 11.4. The van der Waals surface area contributed by atoms with Gasteiger partial charge in [0.25, 0.3) is 0 Å². The second-order valence-electron chi connectivity index (χ2n) is 5.51. The van der Waals surface area contributed by atoms with E-state index in [0.717, 1.165) is 12.8 Å². The van der Waals surface area contributed by atoms with Crippen LogP contribution in [0.1, 0.15) is 53.4 Å². The molecule has 0 aromatic rings. The van der Waals surface area contributed by atoms with E-state index in [1.54, 1.807) is 6.92 Å². The number of phosphoric ester groups is 1. The molecule has 0 aromatic carbocycles. The molecule has 0 amide bonds. The first-order valence-electron chi connectivity index (χ1n) is 6.77. The third kappa shape index (κ3) is 10.2. The van der Waals surface area contributed by atoms with Crippen molar-refractivity contribution in [3.05, 3.63) is 36.0 Å². The lowest BCUT2D eigenvalue weighted by Gasteiger charge is -2.25. The van der Waals surface area contributed by atoms with Gasteiger partial charge in [-0.25, -0.2) is 4.57 Å². The van der Waals surface area contributed by atoms with E-state index in [9.17, 15) is 4.57 Å². The highest BCUT2D eigenvalue weighted by atomic mass is 31.2. The Morgan fingerprint density at radius 2 is 1.85 bits per heavy atom. The van der Waals surface area contributed by atoms with Crippen molar-refractivity contribution in [3.8, 4) is 0 Å². The van der Waals surface area contributed by atoms with Gasteiger partial charge in [-0.05, 0) is 53.4 Å². The van der Waals surface area contributed by atoms with Gasteiger partial charge >= 0.3 is 7.82 Å². The Morgan fingerprint density at radius 1 is 1.25 bits per heavy atom. The minimum Gasteiger partial charge on any atom is -0.303 e. The molecule has 1 atom stereocenters. The van der Waals surface area contributed by atoms with Crippen molar-refractivity contribution in [2.75, 3.05) is 0 Å². The third-order valence-corrected chi connectivity index (χ3v) is 3.64. The zero-order chi connectivity index (χ0) is 15.8. The van der Waals surface area contributed by atoms with E-state index >= 15 is 0 Å². The monoisotopic (exact) mass is 302 g/mol. The van der Waals surface area contributed by atoms with Crippen LogP contribution in [0.2, 0.25) is 0 Å². The van der Waals surface area contributed by atoms with Crippen LogP contribution in [-0.4, -0.2) is 15.4 Å². The molecular weight excluding hydrogens is 275 g/mol. The molecule has 0 radical (unpaired) electrons. The average Bonchev–Trinajstić information content (AvgIpc) is 2.26. The summed E-state index contributed by atoms with van der Waals surface area (Å²) in [5.41, 5.74) is 1.58. The number of rotatable bonds is 9. The van der Waals surface area contributed by atoms with Gasteiger partial charge in [-0.15, -0.1) is 6.58 Å². The molecule has 0 fully saturated rings. The summed E-state index contributed by atoms with van der Waals surface area (Å²) < 4.78 is 15.7. The smallest absolute Gasteiger partial charge is 0.303 e. The highest BCUT2D eigenvalue weighted by Crippen LogP contribution is 2.43. The average molecular weight is 302 g/mol. The van der Waals surface area contributed by atoms with Gasteiger partial charge in [0.05, 0.1) is 5.60 Å². The minimum atomic E-state index is -4.50. The van der Waals surface area contributed by atoms with Crippen LogP contribution in [-0.2, 0) is 9.09 Å². The fourth-order valence-corrected chi connectivity index (χ4v) is 2.46. The van der Waals surface area contributed by atoms with E-state index in [1.807, 2.05) is 0 Å². The summed E-state index contributed by atoms with van der Waals surface area (Å²) in [6, 6.07) is 0. The Labute approximate surface area is 122 Å². The largest absolute Gasteiger partial charge is 0.470 e. The fraction of sp³-hybridized carbons (Fsp3) is 0.600. The molecule has 0 aliphatic carbocycles. The molecule has 1 unspecified atom stereocenters. The topological polar surface area (TPSA) is 66.8 Å². The van der Waals surface area contributed by atoms with Crippen molar-refractivity contribution in [1.29, 1.82) is 0 Å². The maximum absolute atomic E-state index is 10.9. The van der Waals surface area contributed by atoms with Crippen molar-refractivity contribution in [3.63, 3.8) is 0 Å². The maximum Gasteiger partial charge on any atom is 0.470 e. The van der Waals surface area contributed by atoms with Gasteiger partial charge in [0.2, 0.25) is 0 Å². The highest BCUT2D eigenvalue weighted by molar-refractivity contribution is 7.46. The first-order valence-corrected chi connectivity index (χ1v) is 8.30. The van der Waals surface area contributed by atoms with Gasteiger partial charge in [-0.2, -0.15) is 0 Å². The summed E-state index contributed by atoms with van der Waals surface area (Å²) in [6.07, 6.45) is 8.92. The van der Waals surface area contributed by atoms with Crippen molar-refractivity contribution in [1.82, 2.24) is 0 Å². The van der Waals surface area contributed by atoms with Crippen LogP contribution < -0.4 is 0 Å². The molecule has 0 bridgehead atoms. The van der Waals surface area contributed by atoms with E-state index in [4.69, 9.17) is 14.3 Å². The van der Waals surface area contributed by atoms with Crippen LogP contribution in [0.3, 0.4) is 0 Å². The van der Waals surface area contributed by atoms with Crippen LogP contribution in [0.25, 0.3) is 0 Å². The minimum absolute atomic E-state index is 0.488. The van der Waals surface area contributed by atoms with Gasteiger partial charge in [0.1, 0.15) is 0 Å². The Morgan fingerprint density at radius 3 is 2.30 bits per heavy atom. The van der Waals surface area contributed by atoms with Crippen LogP contribution in [0.5, 0.6) is 0 Å². The van der Waals surface area contributed by atoms with Crippen molar-refractivity contribution in [2.24, 2.45) is 0 Å². The normalized spacial score (nSPS) is 15.6. The van der Waals surface area contributed by atoms with Crippen LogP contribution in [0.15, 0.2) is 36.0 Å². The van der Waals surface area contributed by atoms with E-state index in [2.05, 4.69) is 39.5 Å². The van der Waals surface area contributed by atoms with E-state index in [-0.39, 0.29) is 0 Å². The summed E-state index contributed by atoms with van der Waals surface area (Å²) >= 11 is 0. The predicted molar refractivity (Wildman–Crippen MR) is 83.4 cm³/mol. The van der Waals surface area contributed by atoms with Crippen molar-refractivity contribution >= 4 is 7.82 Å². The van der Waals surface area contributed by atoms with Gasteiger partial charge in [-0.1, -0.05) is 29.4 Å². The zero-order valence-corrected chi connectivity index (χ0v) is 13.8. The molecule has 20 heavy (non-hydrogen) atoms. The highest BCUT2D eigenvalue weighted by Gasteiger charge is 2.29. The molecule has 2 N–H and O–H groups in total.